The molecule has 0 spiro atoms. The highest BCUT2D eigenvalue weighted by Crippen LogP contribution is 2.35. The minimum absolute atomic E-state index is 0.205. The first-order valence-electron chi connectivity index (χ1n) is 8.83. The summed E-state index contributed by atoms with van der Waals surface area (Å²) in [6, 6.07) is 21.2. The van der Waals surface area contributed by atoms with Gasteiger partial charge in [0.1, 0.15) is 5.66 Å². The van der Waals surface area contributed by atoms with Crippen LogP contribution in [0.5, 0.6) is 0 Å². The molecule has 3 aromatic rings. The monoisotopic (exact) mass is 332 g/mol. The second-order valence-corrected chi connectivity index (χ2v) is 6.84. The Kier molecular flexibility index (Phi) is 4.25. The topological polar surface area (TPSA) is 54.2 Å². The van der Waals surface area contributed by atoms with Crippen molar-refractivity contribution in [2.45, 2.75) is 18.6 Å². The standard InChI is InChI=1S/C21H24N4/c1-21(22,20-11-4-5-12-24-20)25-14-13-23-15-19(25)18-10-6-8-16-7-2-3-9-17(16)18/h2-12,19,23H,13-15,22H2,1H3. The number of piperazine rings is 1. The molecule has 0 amide bonds. The number of fused-ring (bicyclic) bond motifs is 1. The zero-order chi connectivity index (χ0) is 17.3. The quantitative estimate of drug-likeness (QED) is 0.774. The maximum absolute atomic E-state index is 6.82. The van der Waals surface area contributed by atoms with Crippen LogP contribution in [0.3, 0.4) is 0 Å². The highest BCUT2D eigenvalue weighted by Gasteiger charge is 2.38. The Hall–Kier alpha value is -2.27. The molecule has 2 heterocycles. The van der Waals surface area contributed by atoms with Crippen LogP contribution in [0, 0.1) is 0 Å². The minimum Gasteiger partial charge on any atom is -0.314 e. The average molecular weight is 332 g/mol. The van der Waals surface area contributed by atoms with Crippen LogP contribution >= 0.6 is 0 Å². The van der Waals surface area contributed by atoms with Crippen molar-refractivity contribution < 1.29 is 0 Å². The van der Waals surface area contributed by atoms with Crippen molar-refractivity contribution in [1.29, 1.82) is 0 Å². The van der Waals surface area contributed by atoms with Crippen LogP contribution in [0.25, 0.3) is 10.8 Å². The van der Waals surface area contributed by atoms with E-state index >= 15 is 0 Å². The number of nitrogens with one attached hydrogen (secondary N) is 1. The number of nitrogens with two attached hydrogens (primary N) is 1. The molecule has 4 nitrogen and oxygen atoms in total. The van der Waals surface area contributed by atoms with Gasteiger partial charge in [-0.05, 0) is 35.4 Å². The van der Waals surface area contributed by atoms with Gasteiger partial charge in [-0.25, -0.2) is 0 Å². The Labute approximate surface area is 148 Å². The van der Waals surface area contributed by atoms with E-state index in [1.165, 1.54) is 16.3 Å². The number of rotatable bonds is 3. The minimum atomic E-state index is -0.620. The van der Waals surface area contributed by atoms with E-state index in [0.29, 0.717) is 0 Å². The lowest BCUT2D eigenvalue weighted by Gasteiger charge is -2.46. The summed E-state index contributed by atoms with van der Waals surface area (Å²) in [5, 5.41) is 6.09. The normalized spacial score (nSPS) is 21.1. The zero-order valence-corrected chi connectivity index (χ0v) is 14.5. The van der Waals surface area contributed by atoms with Gasteiger partial charge in [0.2, 0.25) is 0 Å². The maximum Gasteiger partial charge on any atom is 0.110 e. The van der Waals surface area contributed by atoms with E-state index in [1.807, 2.05) is 24.4 Å². The molecule has 1 aliphatic heterocycles. The molecule has 2 unspecified atom stereocenters. The number of pyridine rings is 1. The molecular formula is C21H24N4. The van der Waals surface area contributed by atoms with E-state index in [4.69, 9.17) is 5.73 Å². The van der Waals surface area contributed by atoms with Crippen molar-refractivity contribution in [2.75, 3.05) is 19.6 Å². The highest BCUT2D eigenvalue weighted by atomic mass is 15.3. The van der Waals surface area contributed by atoms with Gasteiger partial charge in [-0.2, -0.15) is 0 Å². The summed E-state index contributed by atoms with van der Waals surface area (Å²) in [6.45, 7) is 4.77. The lowest BCUT2D eigenvalue weighted by atomic mass is 9.93. The third-order valence-electron chi connectivity index (χ3n) is 5.21. The van der Waals surface area contributed by atoms with Gasteiger partial charge in [-0.1, -0.05) is 48.5 Å². The predicted molar refractivity (Wildman–Crippen MR) is 102 cm³/mol. The van der Waals surface area contributed by atoms with E-state index < -0.39 is 5.66 Å². The van der Waals surface area contributed by atoms with Crippen molar-refractivity contribution in [2.24, 2.45) is 5.73 Å². The van der Waals surface area contributed by atoms with Crippen LogP contribution in [-0.2, 0) is 5.66 Å². The summed E-state index contributed by atoms with van der Waals surface area (Å²) < 4.78 is 0. The number of benzene rings is 2. The molecule has 0 radical (unpaired) electrons. The van der Waals surface area contributed by atoms with Gasteiger partial charge in [-0.3, -0.25) is 9.88 Å². The Morgan fingerprint density at radius 2 is 1.88 bits per heavy atom. The van der Waals surface area contributed by atoms with Crippen molar-refractivity contribution in [3.05, 3.63) is 78.1 Å². The number of nitrogens with zero attached hydrogens (tertiary/aromatic N) is 2. The number of aromatic nitrogens is 1. The van der Waals surface area contributed by atoms with Crippen molar-refractivity contribution in [3.8, 4) is 0 Å². The Morgan fingerprint density at radius 1 is 1.08 bits per heavy atom. The van der Waals surface area contributed by atoms with Gasteiger partial charge in [0, 0.05) is 31.9 Å². The van der Waals surface area contributed by atoms with E-state index in [2.05, 4.69) is 64.6 Å². The molecule has 1 aliphatic rings. The first-order chi connectivity index (χ1) is 12.2. The average Bonchev–Trinajstić information content (AvgIpc) is 2.68. The molecule has 2 atom stereocenters. The molecule has 4 rings (SSSR count). The second-order valence-electron chi connectivity index (χ2n) is 6.84. The predicted octanol–water partition coefficient (Wildman–Crippen LogP) is 3.01. The summed E-state index contributed by atoms with van der Waals surface area (Å²) >= 11 is 0. The summed E-state index contributed by atoms with van der Waals surface area (Å²) in [5.41, 5.74) is 8.42. The molecule has 0 bridgehead atoms. The number of hydrogen-bond donors (Lipinski definition) is 2. The van der Waals surface area contributed by atoms with Gasteiger partial charge < -0.3 is 11.1 Å². The molecular weight excluding hydrogens is 308 g/mol. The summed E-state index contributed by atoms with van der Waals surface area (Å²) in [4.78, 5) is 6.91. The van der Waals surface area contributed by atoms with Gasteiger partial charge >= 0.3 is 0 Å². The summed E-state index contributed by atoms with van der Waals surface area (Å²) in [7, 11) is 0. The molecule has 1 saturated heterocycles. The highest BCUT2D eigenvalue weighted by molar-refractivity contribution is 5.86. The van der Waals surface area contributed by atoms with Crippen molar-refractivity contribution in [3.63, 3.8) is 0 Å². The fourth-order valence-electron chi connectivity index (χ4n) is 3.89. The number of hydrogen-bond acceptors (Lipinski definition) is 4. The SMILES string of the molecule is CC(N)(c1ccccn1)N1CCNCC1c1cccc2ccccc12. The van der Waals surface area contributed by atoms with Crippen LogP contribution in [-0.4, -0.2) is 29.5 Å². The molecule has 4 heteroatoms. The van der Waals surface area contributed by atoms with Gasteiger partial charge in [-0.15, -0.1) is 0 Å². The molecule has 25 heavy (non-hydrogen) atoms. The fourth-order valence-corrected chi connectivity index (χ4v) is 3.89. The van der Waals surface area contributed by atoms with Crippen molar-refractivity contribution in [1.82, 2.24) is 15.2 Å². The lowest BCUT2D eigenvalue weighted by Crippen LogP contribution is -2.59. The largest absolute Gasteiger partial charge is 0.314 e. The van der Waals surface area contributed by atoms with Crippen LogP contribution in [0.15, 0.2) is 66.9 Å². The van der Waals surface area contributed by atoms with E-state index in [0.717, 1.165) is 25.3 Å². The van der Waals surface area contributed by atoms with E-state index in [9.17, 15) is 0 Å². The first kappa shape index (κ1) is 16.2. The summed E-state index contributed by atoms with van der Waals surface area (Å²) in [5.74, 6) is 0. The van der Waals surface area contributed by atoms with Crippen LogP contribution in [0.1, 0.15) is 24.2 Å². The van der Waals surface area contributed by atoms with Crippen LogP contribution in [0.2, 0.25) is 0 Å². The smallest absolute Gasteiger partial charge is 0.110 e. The molecule has 1 fully saturated rings. The molecule has 2 aromatic carbocycles. The maximum atomic E-state index is 6.82. The van der Waals surface area contributed by atoms with Crippen LogP contribution in [0.4, 0.5) is 0 Å². The van der Waals surface area contributed by atoms with E-state index in [-0.39, 0.29) is 6.04 Å². The molecule has 0 saturated carbocycles. The molecule has 128 valence electrons. The third-order valence-corrected chi connectivity index (χ3v) is 5.21. The van der Waals surface area contributed by atoms with E-state index in [1.54, 1.807) is 0 Å². The van der Waals surface area contributed by atoms with Gasteiger partial charge in [0.15, 0.2) is 0 Å². The first-order valence-corrected chi connectivity index (χ1v) is 8.83. The van der Waals surface area contributed by atoms with Gasteiger partial charge in [0.25, 0.3) is 0 Å². The Balaban J connectivity index is 1.79. The lowest BCUT2D eigenvalue weighted by molar-refractivity contribution is 0.0350. The van der Waals surface area contributed by atoms with Crippen LogP contribution < -0.4 is 11.1 Å². The Bertz CT molecular complexity index is 855. The zero-order valence-electron chi connectivity index (χ0n) is 14.5. The fraction of sp³-hybridized carbons (Fsp3) is 0.286. The summed E-state index contributed by atoms with van der Waals surface area (Å²) in [6.07, 6.45) is 1.82. The second kappa shape index (κ2) is 6.56. The molecule has 0 aliphatic carbocycles. The Morgan fingerprint density at radius 3 is 2.72 bits per heavy atom. The molecule has 1 aromatic heterocycles. The van der Waals surface area contributed by atoms with Crippen molar-refractivity contribution >= 4 is 10.8 Å². The third kappa shape index (κ3) is 2.93. The van der Waals surface area contributed by atoms with Gasteiger partial charge in [0.05, 0.1) is 5.69 Å². The molecule has 3 N–H and O–H groups in total.